The lowest BCUT2D eigenvalue weighted by atomic mass is 10.0. The second-order valence-corrected chi connectivity index (χ2v) is 4.08. The Morgan fingerprint density at radius 3 is 3.00 bits per heavy atom. The Kier molecular flexibility index (Phi) is 2.68. The molecule has 1 atom stereocenters. The van der Waals surface area contributed by atoms with Gasteiger partial charge in [-0.25, -0.2) is 4.98 Å². The molecule has 1 aliphatic carbocycles. The fourth-order valence-corrected chi connectivity index (χ4v) is 1.70. The van der Waals surface area contributed by atoms with Gasteiger partial charge in [0.2, 0.25) is 0 Å². The van der Waals surface area contributed by atoms with Crippen LogP contribution in [0, 0.1) is 5.92 Å². The molecule has 1 unspecified atom stereocenters. The van der Waals surface area contributed by atoms with Gasteiger partial charge in [0.05, 0.1) is 6.10 Å². The maximum absolute atomic E-state index is 9.75. The lowest BCUT2D eigenvalue weighted by molar-refractivity contribution is 0.158. The zero-order chi connectivity index (χ0) is 9.97. The number of aliphatic hydroxyl groups is 1. The third-order valence-corrected chi connectivity index (χ3v) is 2.68. The van der Waals surface area contributed by atoms with Crippen LogP contribution in [0.4, 0.5) is 5.82 Å². The van der Waals surface area contributed by atoms with Crippen LogP contribution >= 0.6 is 0 Å². The van der Waals surface area contributed by atoms with E-state index in [0.717, 1.165) is 17.9 Å². The van der Waals surface area contributed by atoms with E-state index in [2.05, 4.69) is 4.98 Å². The number of hydrogen-bond acceptors (Lipinski definition) is 3. The van der Waals surface area contributed by atoms with Crippen molar-refractivity contribution in [3.8, 4) is 0 Å². The van der Waals surface area contributed by atoms with E-state index in [1.54, 1.807) is 6.20 Å². The van der Waals surface area contributed by atoms with E-state index < -0.39 is 0 Å². The molecular weight excluding hydrogens is 176 g/mol. The average molecular weight is 192 g/mol. The summed E-state index contributed by atoms with van der Waals surface area (Å²) < 4.78 is 0. The number of nitrogen functional groups attached to an aromatic ring is 1. The summed E-state index contributed by atoms with van der Waals surface area (Å²) >= 11 is 0. The monoisotopic (exact) mass is 192 g/mol. The number of rotatable bonds is 4. The van der Waals surface area contributed by atoms with Crippen LogP contribution in [-0.2, 0) is 6.42 Å². The molecule has 0 spiro atoms. The first-order valence-corrected chi connectivity index (χ1v) is 5.13. The van der Waals surface area contributed by atoms with Crippen LogP contribution in [0.1, 0.15) is 24.8 Å². The molecule has 1 aromatic heterocycles. The Hall–Kier alpha value is -1.09. The van der Waals surface area contributed by atoms with Gasteiger partial charge in [-0.3, -0.25) is 0 Å². The summed E-state index contributed by atoms with van der Waals surface area (Å²) in [6.07, 6.45) is 5.52. The van der Waals surface area contributed by atoms with Crippen molar-refractivity contribution in [1.29, 1.82) is 0 Å². The fraction of sp³-hybridized carbons (Fsp3) is 0.545. The molecule has 1 aliphatic rings. The first-order chi connectivity index (χ1) is 6.75. The highest BCUT2D eigenvalue weighted by atomic mass is 16.3. The maximum atomic E-state index is 9.75. The second-order valence-electron chi connectivity index (χ2n) is 4.08. The Bertz CT molecular complexity index is 310. The van der Waals surface area contributed by atoms with Crippen molar-refractivity contribution in [2.75, 3.05) is 5.73 Å². The SMILES string of the molecule is Nc1ncccc1CC(O)CC1CC1. The minimum Gasteiger partial charge on any atom is -0.393 e. The summed E-state index contributed by atoms with van der Waals surface area (Å²) in [5.41, 5.74) is 6.65. The van der Waals surface area contributed by atoms with Crippen molar-refractivity contribution in [2.45, 2.75) is 31.8 Å². The number of aliphatic hydroxyl groups excluding tert-OH is 1. The lowest BCUT2D eigenvalue weighted by Gasteiger charge is -2.10. The quantitative estimate of drug-likeness (QED) is 0.757. The predicted molar refractivity (Wildman–Crippen MR) is 55.7 cm³/mol. The average Bonchev–Trinajstić information content (AvgIpc) is 2.93. The van der Waals surface area contributed by atoms with Gasteiger partial charge in [0.25, 0.3) is 0 Å². The molecule has 0 aromatic carbocycles. The Labute approximate surface area is 84.0 Å². The van der Waals surface area contributed by atoms with Gasteiger partial charge >= 0.3 is 0 Å². The predicted octanol–water partition coefficient (Wildman–Crippen LogP) is 1.37. The molecule has 1 saturated carbocycles. The van der Waals surface area contributed by atoms with Crippen molar-refractivity contribution < 1.29 is 5.11 Å². The van der Waals surface area contributed by atoms with Crippen molar-refractivity contribution in [2.24, 2.45) is 5.92 Å². The Morgan fingerprint density at radius 2 is 2.36 bits per heavy atom. The van der Waals surface area contributed by atoms with Gasteiger partial charge in [-0.1, -0.05) is 18.9 Å². The van der Waals surface area contributed by atoms with Crippen molar-refractivity contribution in [1.82, 2.24) is 4.98 Å². The minimum atomic E-state index is -0.256. The largest absolute Gasteiger partial charge is 0.393 e. The highest BCUT2D eigenvalue weighted by Gasteiger charge is 2.24. The molecule has 0 radical (unpaired) electrons. The topological polar surface area (TPSA) is 59.1 Å². The van der Waals surface area contributed by atoms with Crippen LogP contribution in [-0.4, -0.2) is 16.2 Å². The smallest absolute Gasteiger partial charge is 0.126 e. The molecule has 3 nitrogen and oxygen atoms in total. The first kappa shape index (κ1) is 9.46. The minimum absolute atomic E-state index is 0.256. The summed E-state index contributed by atoms with van der Waals surface area (Å²) in [5.74, 6) is 1.30. The zero-order valence-electron chi connectivity index (χ0n) is 8.19. The van der Waals surface area contributed by atoms with E-state index in [4.69, 9.17) is 5.73 Å². The van der Waals surface area contributed by atoms with E-state index in [9.17, 15) is 5.11 Å². The molecule has 2 rings (SSSR count). The zero-order valence-corrected chi connectivity index (χ0v) is 8.19. The summed E-state index contributed by atoms with van der Waals surface area (Å²) in [6, 6.07) is 3.79. The molecule has 0 saturated heterocycles. The number of nitrogens with zero attached hydrogens (tertiary/aromatic N) is 1. The number of hydrogen-bond donors (Lipinski definition) is 2. The normalized spacial score (nSPS) is 18.1. The van der Waals surface area contributed by atoms with Crippen molar-refractivity contribution in [3.05, 3.63) is 23.9 Å². The second kappa shape index (κ2) is 3.96. The molecule has 3 heteroatoms. The standard InChI is InChI=1S/C11H16N2O/c12-11-9(2-1-5-13-11)7-10(14)6-8-3-4-8/h1-2,5,8,10,14H,3-4,6-7H2,(H2,12,13). The molecule has 3 N–H and O–H groups in total. The highest BCUT2D eigenvalue weighted by molar-refractivity contribution is 5.38. The van der Waals surface area contributed by atoms with Crippen LogP contribution < -0.4 is 5.73 Å². The molecule has 0 amide bonds. The van der Waals surface area contributed by atoms with Gasteiger partial charge in [-0.15, -0.1) is 0 Å². The lowest BCUT2D eigenvalue weighted by Crippen LogP contribution is -2.12. The molecule has 1 aromatic rings. The summed E-state index contributed by atoms with van der Waals surface area (Å²) in [7, 11) is 0. The third kappa shape index (κ3) is 2.45. The van der Waals surface area contributed by atoms with E-state index in [0.29, 0.717) is 12.2 Å². The molecule has 14 heavy (non-hydrogen) atoms. The number of aromatic nitrogens is 1. The van der Waals surface area contributed by atoms with Gasteiger partial charge in [0.1, 0.15) is 5.82 Å². The van der Waals surface area contributed by atoms with Gasteiger partial charge in [-0.2, -0.15) is 0 Å². The first-order valence-electron chi connectivity index (χ1n) is 5.13. The van der Waals surface area contributed by atoms with Crippen LogP contribution in [0.15, 0.2) is 18.3 Å². The number of anilines is 1. The number of nitrogens with two attached hydrogens (primary N) is 1. The van der Waals surface area contributed by atoms with Crippen molar-refractivity contribution >= 4 is 5.82 Å². The van der Waals surface area contributed by atoms with Gasteiger partial charge in [0, 0.05) is 12.6 Å². The third-order valence-electron chi connectivity index (χ3n) is 2.68. The summed E-state index contributed by atoms with van der Waals surface area (Å²) in [4.78, 5) is 3.99. The van der Waals surface area contributed by atoms with Crippen LogP contribution in [0.25, 0.3) is 0 Å². The summed E-state index contributed by atoms with van der Waals surface area (Å²) in [5, 5.41) is 9.75. The molecule has 0 aliphatic heterocycles. The Balaban J connectivity index is 1.91. The highest BCUT2D eigenvalue weighted by Crippen LogP contribution is 2.34. The van der Waals surface area contributed by atoms with E-state index in [1.165, 1.54) is 12.8 Å². The van der Waals surface area contributed by atoms with Crippen molar-refractivity contribution in [3.63, 3.8) is 0 Å². The molecule has 0 bridgehead atoms. The molecule has 1 heterocycles. The number of pyridine rings is 1. The fourth-order valence-electron chi connectivity index (χ4n) is 1.70. The Morgan fingerprint density at radius 1 is 1.57 bits per heavy atom. The van der Waals surface area contributed by atoms with Crippen LogP contribution in [0.3, 0.4) is 0 Å². The van der Waals surface area contributed by atoms with Crippen LogP contribution in [0.5, 0.6) is 0 Å². The molecule has 76 valence electrons. The van der Waals surface area contributed by atoms with Gasteiger partial charge in [-0.05, 0) is 24.0 Å². The van der Waals surface area contributed by atoms with Gasteiger partial charge in [0.15, 0.2) is 0 Å². The summed E-state index contributed by atoms with van der Waals surface area (Å²) in [6.45, 7) is 0. The van der Waals surface area contributed by atoms with Gasteiger partial charge < -0.3 is 10.8 Å². The molecular formula is C11H16N2O. The van der Waals surface area contributed by atoms with E-state index >= 15 is 0 Å². The van der Waals surface area contributed by atoms with Crippen LogP contribution in [0.2, 0.25) is 0 Å². The van der Waals surface area contributed by atoms with E-state index in [-0.39, 0.29) is 6.10 Å². The molecule has 1 fully saturated rings. The van der Waals surface area contributed by atoms with E-state index in [1.807, 2.05) is 12.1 Å². The maximum Gasteiger partial charge on any atom is 0.126 e.